The first-order valence-corrected chi connectivity index (χ1v) is 6.55. The van der Waals surface area contributed by atoms with Crippen LogP contribution in [0.3, 0.4) is 0 Å². The van der Waals surface area contributed by atoms with Gasteiger partial charge in [0, 0.05) is 24.7 Å². The van der Waals surface area contributed by atoms with Crippen molar-refractivity contribution in [2.24, 2.45) is 0 Å². The summed E-state index contributed by atoms with van der Waals surface area (Å²) in [6.07, 6.45) is 4.90. The van der Waals surface area contributed by atoms with Gasteiger partial charge in [0.05, 0.1) is 0 Å². The summed E-state index contributed by atoms with van der Waals surface area (Å²) in [5.41, 5.74) is 2.34. The van der Waals surface area contributed by atoms with E-state index in [0.717, 1.165) is 24.9 Å². The Balaban J connectivity index is 1.72. The Labute approximate surface area is 107 Å². The van der Waals surface area contributed by atoms with Gasteiger partial charge in [0.1, 0.15) is 6.04 Å². The molecule has 1 aromatic rings. The van der Waals surface area contributed by atoms with Crippen molar-refractivity contribution in [2.45, 2.75) is 31.3 Å². The van der Waals surface area contributed by atoms with Gasteiger partial charge in [-0.1, -0.05) is 24.3 Å². The maximum absolute atomic E-state index is 12.5. The van der Waals surface area contributed by atoms with Crippen molar-refractivity contribution in [3.63, 3.8) is 0 Å². The average molecular weight is 242 g/mol. The summed E-state index contributed by atoms with van der Waals surface area (Å²) in [6.45, 7) is 4.41. The summed E-state index contributed by atoms with van der Waals surface area (Å²) in [6, 6.07) is 8.50. The molecule has 0 radical (unpaired) electrons. The van der Waals surface area contributed by atoms with Crippen LogP contribution >= 0.6 is 0 Å². The van der Waals surface area contributed by atoms with Crippen molar-refractivity contribution in [3.05, 3.63) is 42.5 Å². The Kier molecular flexibility index (Phi) is 2.82. The number of amides is 1. The van der Waals surface area contributed by atoms with E-state index in [4.69, 9.17) is 0 Å². The van der Waals surface area contributed by atoms with Crippen LogP contribution in [0.4, 0.5) is 5.69 Å². The van der Waals surface area contributed by atoms with Crippen molar-refractivity contribution in [1.82, 2.24) is 4.90 Å². The Bertz CT molecular complexity index is 454. The third-order valence-electron chi connectivity index (χ3n) is 3.67. The van der Waals surface area contributed by atoms with Gasteiger partial charge in [-0.25, -0.2) is 0 Å². The smallest absolute Gasteiger partial charge is 0.245 e. The van der Waals surface area contributed by atoms with Gasteiger partial charge < -0.3 is 10.2 Å². The highest BCUT2D eigenvalue weighted by atomic mass is 16.2. The zero-order valence-corrected chi connectivity index (χ0v) is 10.4. The third-order valence-corrected chi connectivity index (χ3v) is 3.67. The molecule has 3 rings (SSSR count). The van der Waals surface area contributed by atoms with E-state index in [0.29, 0.717) is 12.6 Å². The predicted molar refractivity (Wildman–Crippen MR) is 72.5 cm³/mol. The standard InChI is InChI=1S/C15H18N2O/c1-2-9-17(12-7-8-12)15(18)14-10-11-5-3-4-6-13(11)16-14/h2-6,12,14,16H,1,7-10H2. The van der Waals surface area contributed by atoms with Crippen LogP contribution in [0.5, 0.6) is 0 Å². The number of carbonyl (C=O) groups is 1. The first kappa shape index (κ1) is 11.3. The number of nitrogens with one attached hydrogen (secondary N) is 1. The van der Waals surface area contributed by atoms with Crippen LogP contribution in [0.2, 0.25) is 0 Å². The van der Waals surface area contributed by atoms with E-state index in [2.05, 4.69) is 18.0 Å². The topological polar surface area (TPSA) is 32.3 Å². The molecule has 3 nitrogen and oxygen atoms in total. The lowest BCUT2D eigenvalue weighted by Crippen LogP contribution is -2.43. The molecule has 1 atom stereocenters. The summed E-state index contributed by atoms with van der Waals surface area (Å²) in [5, 5.41) is 3.33. The zero-order valence-electron chi connectivity index (χ0n) is 10.4. The molecule has 1 unspecified atom stereocenters. The molecule has 1 aromatic carbocycles. The SMILES string of the molecule is C=CCN(C(=O)C1Cc2ccccc2N1)C1CC1. The molecule has 1 aliphatic heterocycles. The third kappa shape index (κ3) is 2.01. The number of benzene rings is 1. The normalized spacial score (nSPS) is 21.0. The summed E-state index contributed by atoms with van der Waals surface area (Å²) in [5.74, 6) is 0.216. The molecule has 1 heterocycles. The average Bonchev–Trinajstić information content (AvgIpc) is 3.13. The zero-order chi connectivity index (χ0) is 12.5. The highest BCUT2D eigenvalue weighted by Crippen LogP contribution is 2.31. The Morgan fingerprint density at radius 1 is 1.44 bits per heavy atom. The fourth-order valence-corrected chi connectivity index (χ4v) is 2.59. The second-order valence-corrected chi connectivity index (χ2v) is 5.07. The number of fused-ring (bicyclic) bond motifs is 1. The van der Waals surface area contributed by atoms with Gasteiger partial charge in [0.2, 0.25) is 5.91 Å². The minimum atomic E-state index is -0.0945. The van der Waals surface area contributed by atoms with Crippen molar-refractivity contribution in [3.8, 4) is 0 Å². The number of carbonyl (C=O) groups excluding carboxylic acids is 1. The van der Waals surface area contributed by atoms with Crippen LogP contribution in [0, 0.1) is 0 Å². The van der Waals surface area contributed by atoms with Gasteiger partial charge in [0.25, 0.3) is 0 Å². The van der Waals surface area contributed by atoms with Crippen molar-refractivity contribution in [1.29, 1.82) is 0 Å². The summed E-state index contributed by atoms with van der Waals surface area (Å²) in [7, 11) is 0. The molecule has 1 saturated carbocycles. The maximum atomic E-state index is 12.5. The van der Waals surface area contributed by atoms with E-state index in [1.165, 1.54) is 5.56 Å². The summed E-state index contributed by atoms with van der Waals surface area (Å²) in [4.78, 5) is 14.5. The van der Waals surface area contributed by atoms with E-state index in [-0.39, 0.29) is 11.9 Å². The molecule has 2 aliphatic rings. The van der Waals surface area contributed by atoms with Crippen LogP contribution in [0.15, 0.2) is 36.9 Å². The highest BCUT2D eigenvalue weighted by molar-refractivity contribution is 5.88. The molecular formula is C15H18N2O. The number of para-hydroxylation sites is 1. The molecule has 0 bridgehead atoms. The molecular weight excluding hydrogens is 224 g/mol. The van der Waals surface area contributed by atoms with Gasteiger partial charge in [-0.3, -0.25) is 4.79 Å². The fraction of sp³-hybridized carbons (Fsp3) is 0.400. The van der Waals surface area contributed by atoms with Crippen LogP contribution in [-0.4, -0.2) is 29.4 Å². The molecule has 0 spiro atoms. The lowest BCUT2D eigenvalue weighted by Gasteiger charge is -2.24. The quantitative estimate of drug-likeness (QED) is 0.821. The minimum absolute atomic E-state index is 0.0945. The van der Waals surface area contributed by atoms with Crippen molar-refractivity contribution in [2.75, 3.05) is 11.9 Å². The van der Waals surface area contributed by atoms with Crippen LogP contribution < -0.4 is 5.32 Å². The lowest BCUT2D eigenvalue weighted by atomic mass is 10.1. The van der Waals surface area contributed by atoms with E-state index in [1.807, 2.05) is 29.2 Å². The van der Waals surface area contributed by atoms with Gasteiger partial charge >= 0.3 is 0 Å². The molecule has 1 aliphatic carbocycles. The van der Waals surface area contributed by atoms with E-state index < -0.39 is 0 Å². The molecule has 0 saturated heterocycles. The summed E-state index contributed by atoms with van der Waals surface area (Å²) < 4.78 is 0. The molecule has 94 valence electrons. The number of anilines is 1. The highest BCUT2D eigenvalue weighted by Gasteiger charge is 2.37. The molecule has 1 N–H and O–H groups in total. The fourth-order valence-electron chi connectivity index (χ4n) is 2.59. The predicted octanol–water partition coefficient (Wildman–Crippen LogP) is 2.20. The van der Waals surface area contributed by atoms with E-state index in [1.54, 1.807) is 0 Å². The molecule has 1 amide bonds. The van der Waals surface area contributed by atoms with Crippen molar-refractivity contribution >= 4 is 11.6 Å². The Morgan fingerprint density at radius 3 is 2.89 bits per heavy atom. The molecule has 1 fully saturated rings. The van der Waals surface area contributed by atoms with Crippen LogP contribution in [-0.2, 0) is 11.2 Å². The maximum Gasteiger partial charge on any atom is 0.245 e. The Hall–Kier alpha value is -1.77. The van der Waals surface area contributed by atoms with Gasteiger partial charge in [-0.2, -0.15) is 0 Å². The first-order valence-electron chi connectivity index (χ1n) is 6.55. The van der Waals surface area contributed by atoms with E-state index in [9.17, 15) is 4.79 Å². The largest absolute Gasteiger partial charge is 0.373 e. The first-order chi connectivity index (χ1) is 8.79. The number of rotatable bonds is 4. The minimum Gasteiger partial charge on any atom is -0.373 e. The van der Waals surface area contributed by atoms with Gasteiger partial charge in [0.15, 0.2) is 0 Å². The molecule has 0 aromatic heterocycles. The van der Waals surface area contributed by atoms with Gasteiger partial charge in [-0.15, -0.1) is 6.58 Å². The van der Waals surface area contributed by atoms with Crippen LogP contribution in [0.25, 0.3) is 0 Å². The van der Waals surface area contributed by atoms with Crippen molar-refractivity contribution < 1.29 is 4.79 Å². The monoisotopic (exact) mass is 242 g/mol. The Morgan fingerprint density at radius 2 is 2.22 bits per heavy atom. The summed E-state index contributed by atoms with van der Waals surface area (Å²) >= 11 is 0. The molecule has 3 heteroatoms. The van der Waals surface area contributed by atoms with E-state index >= 15 is 0 Å². The van der Waals surface area contributed by atoms with Crippen LogP contribution in [0.1, 0.15) is 18.4 Å². The molecule has 18 heavy (non-hydrogen) atoms. The van der Waals surface area contributed by atoms with Gasteiger partial charge in [-0.05, 0) is 24.5 Å². The second kappa shape index (κ2) is 4.48. The lowest BCUT2D eigenvalue weighted by molar-refractivity contribution is -0.131. The number of nitrogens with zero attached hydrogens (tertiary/aromatic N) is 1. The second-order valence-electron chi connectivity index (χ2n) is 5.07. The number of hydrogen-bond donors (Lipinski definition) is 1. The number of hydrogen-bond acceptors (Lipinski definition) is 2.